The Hall–Kier alpha value is -1.98. The van der Waals surface area contributed by atoms with Crippen LogP contribution < -0.4 is 4.90 Å². The number of carbonyl (C=O) groups excluding carboxylic acids is 2. The molecule has 0 bridgehead atoms. The molecule has 2 aliphatic heterocycles. The number of nitrogens with zero attached hydrogens (tertiary/aromatic N) is 2. The van der Waals surface area contributed by atoms with Crippen LogP contribution in [0.3, 0.4) is 0 Å². The fourth-order valence-electron chi connectivity index (χ4n) is 6.11. The topological polar surface area (TPSA) is 40.6 Å². The molecule has 3 aliphatic rings. The lowest BCUT2D eigenvalue weighted by molar-refractivity contribution is -0.143. The van der Waals surface area contributed by atoms with Gasteiger partial charge in [0.2, 0.25) is 11.8 Å². The highest BCUT2D eigenvalue weighted by Gasteiger charge is 2.53. The van der Waals surface area contributed by atoms with Gasteiger partial charge in [0, 0.05) is 34.3 Å². The molecule has 5 rings (SSSR count). The van der Waals surface area contributed by atoms with Crippen LogP contribution in [0.25, 0.3) is 0 Å². The molecule has 3 atom stereocenters. The van der Waals surface area contributed by atoms with E-state index in [1.165, 1.54) is 9.79 Å². The average Bonchev–Trinajstić information content (AvgIpc) is 2.95. The molecule has 0 N–H and O–H groups in total. The van der Waals surface area contributed by atoms with Crippen molar-refractivity contribution in [3.05, 3.63) is 47.5 Å². The number of imide groups is 1. The minimum absolute atomic E-state index is 0.00865. The number of amides is 2. The van der Waals surface area contributed by atoms with Crippen molar-refractivity contribution in [3.8, 4) is 0 Å². The molecule has 2 heterocycles. The third-order valence-corrected chi connectivity index (χ3v) is 8.49. The SMILES string of the molecule is C[C@@H]1C[C@H](C)CC2(CC(=O)N(CCCN3c4ccccc4Sc4ccc(Cl)cc43)C2=O)C1. The first-order valence-corrected chi connectivity index (χ1v) is 12.7. The Morgan fingerprint density at radius 2 is 1.66 bits per heavy atom. The van der Waals surface area contributed by atoms with Gasteiger partial charge in [-0.3, -0.25) is 14.5 Å². The molecule has 2 aromatic carbocycles. The number of carbonyl (C=O) groups is 2. The molecule has 2 amide bonds. The van der Waals surface area contributed by atoms with Crippen LogP contribution in [0.15, 0.2) is 52.3 Å². The Balaban J connectivity index is 1.32. The summed E-state index contributed by atoms with van der Waals surface area (Å²) in [4.78, 5) is 32.5. The van der Waals surface area contributed by atoms with Gasteiger partial charge in [0.1, 0.15) is 0 Å². The second kappa shape index (κ2) is 8.42. The number of anilines is 2. The van der Waals surface area contributed by atoms with Gasteiger partial charge in [-0.1, -0.05) is 49.3 Å². The minimum atomic E-state index is -0.456. The second-order valence-corrected chi connectivity index (χ2v) is 11.4. The number of fused-ring (bicyclic) bond motifs is 2. The van der Waals surface area contributed by atoms with Gasteiger partial charge in [-0.2, -0.15) is 0 Å². The smallest absolute Gasteiger partial charge is 0.235 e. The molecular formula is C26H29ClN2O2S. The molecule has 168 valence electrons. The summed E-state index contributed by atoms with van der Waals surface area (Å²) in [7, 11) is 0. The molecule has 1 saturated carbocycles. The van der Waals surface area contributed by atoms with Gasteiger partial charge in [0.15, 0.2) is 0 Å². The van der Waals surface area contributed by atoms with Crippen molar-refractivity contribution in [1.29, 1.82) is 0 Å². The lowest BCUT2D eigenvalue weighted by atomic mass is 9.65. The van der Waals surface area contributed by atoms with Crippen LogP contribution in [0, 0.1) is 17.3 Å². The van der Waals surface area contributed by atoms with Crippen LogP contribution in [-0.2, 0) is 9.59 Å². The van der Waals surface area contributed by atoms with Crippen LogP contribution in [0.4, 0.5) is 11.4 Å². The Labute approximate surface area is 199 Å². The van der Waals surface area contributed by atoms with Gasteiger partial charge in [-0.25, -0.2) is 0 Å². The van der Waals surface area contributed by atoms with Gasteiger partial charge in [-0.15, -0.1) is 0 Å². The molecule has 2 aromatic rings. The van der Waals surface area contributed by atoms with E-state index in [0.717, 1.165) is 43.6 Å². The van der Waals surface area contributed by atoms with Gasteiger partial charge >= 0.3 is 0 Å². The standard InChI is InChI=1S/C26H29ClN2O2S/c1-17-12-18(2)15-26(14-17)16-24(30)29(25(26)31)11-5-10-28-20-6-3-4-7-22(20)32-23-9-8-19(27)13-21(23)28/h3-4,6-9,13,17-18H,5,10-12,14-16H2,1-2H3/t17-,18+,26?. The highest BCUT2D eigenvalue weighted by atomic mass is 35.5. The maximum atomic E-state index is 13.4. The zero-order valence-corrected chi connectivity index (χ0v) is 20.2. The molecule has 1 saturated heterocycles. The highest BCUT2D eigenvalue weighted by Crippen LogP contribution is 2.50. The number of rotatable bonds is 4. The summed E-state index contributed by atoms with van der Waals surface area (Å²) in [6.07, 6.45) is 3.96. The van der Waals surface area contributed by atoms with Crippen molar-refractivity contribution in [1.82, 2.24) is 4.90 Å². The van der Waals surface area contributed by atoms with E-state index in [0.29, 0.717) is 29.8 Å². The first-order chi connectivity index (χ1) is 15.4. The van der Waals surface area contributed by atoms with E-state index in [-0.39, 0.29) is 11.8 Å². The van der Waals surface area contributed by atoms with E-state index < -0.39 is 5.41 Å². The molecule has 32 heavy (non-hydrogen) atoms. The average molecular weight is 469 g/mol. The van der Waals surface area contributed by atoms with Gasteiger partial charge < -0.3 is 4.90 Å². The second-order valence-electron chi connectivity index (χ2n) is 9.85. The van der Waals surface area contributed by atoms with Crippen molar-refractivity contribution >= 4 is 46.6 Å². The Morgan fingerprint density at radius 3 is 2.44 bits per heavy atom. The fourth-order valence-corrected chi connectivity index (χ4v) is 7.35. The first-order valence-electron chi connectivity index (χ1n) is 11.5. The first kappa shape index (κ1) is 21.8. The molecule has 2 fully saturated rings. The minimum Gasteiger partial charge on any atom is -0.340 e. The number of hydrogen-bond donors (Lipinski definition) is 0. The van der Waals surface area contributed by atoms with Crippen molar-refractivity contribution in [2.24, 2.45) is 17.3 Å². The number of benzene rings is 2. The van der Waals surface area contributed by atoms with Crippen molar-refractivity contribution in [2.45, 2.75) is 55.7 Å². The van der Waals surface area contributed by atoms with Gasteiger partial charge in [0.25, 0.3) is 0 Å². The number of likely N-dealkylation sites (tertiary alicyclic amines) is 1. The normalized spacial score (nSPS) is 27.1. The maximum Gasteiger partial charge on any atom is 0.235 e. The summed E-state index contributed by atoms with van der Waals surface area (Å²) < 4.78 is 0. The van der Waals surface area contributed by atoms with Crippen LogP contribution in [0.2, 0.25) is 5.02 Å². The Kier molecular flexibility index (Phi) is 5.75. The Morgan fingerprint density at radius 1 is 0.969 bits per heavy atom. The van der Waals surface area contributed by atoms with Crippen LogP contribution in [0.1, 0.15) is 46.0 Å². The largest absolute Gasteiger partial charge is 0.340 e. The van der Waals surface area contributed by atoms with E-state index in [2.05, 4.69) is 43.0 Å². The van der Waals surface area contributed by atoms with Crippen LogP contribution in [-0.4, -0.2) is 29.8 Å². The zero-order valence-electron chi connectivity index (χ0n) is 18.6. The monoisotopic (exact) mass is 468 g/mol. The molecule has 0 aromatic heterocycles. The number of para-hydroxylation sites is 1. The lowest BCUT2D eigenvalue weighted by Gasteiger charge is -2.38. The van der Waals surface area contributed by atoms with Crippen LogP contribution >= 0.6 is 23.4 Å². The quantitative estimate of drug-likeness (QED) is 0.478. The highest BCUT2D eigenvalue weighted by molar-refractivity contribution is 7.99. The summed E-state index contributed by atoms with van der Waals surface area (Å²) in [6.45, 7) is 5.63. The lowest BCUT2D eigenvalue weighted by Crippen LogP contribution is -2.41. The summed E-state index contributed by atoms with van der Waals surface area (Å²) in [5.74, 6) is 1.08. The number of halogens is 1. The van der Waals surface area contributed by atoms with Crippen LogP contribution in [0.5, 0.6) is 0 Å². The molecule has 0 radical (unpaired) electrons. The van der Waals surface area contributed by atoms with Crippen molar-refractivity contribution in [2.75, 3.05) is 18.0 Å². The summed E-state index contributed by atoms with van der Waals surface area (Å²) in [6, 6.07) is 14.3. The molecule has 6 heteroatoms. The predicted octanol–water partition coefficient (Wildman–Crippen LogP) is 6.53. The Bertz CT molecular complexity index is 1060. The number of hydrogen-bond acceptors (Lipinski definition) is 4. The van der Waals surface area contributed by atoms with Crippen molar-refractivity contribution < 1.29 is 9.59 Å². The molecule has 1 unspecified atom stereocenters. The van der Waals surface area contributed by atoms with Gasteiger partial charge in [-0.05, 0) is 67.9 Å². The van der Waals surface area contributed by atoms with E-state index in [9.17, 15) is 9.59 Å². The third kappa shape index (κ3) is 3.84. The molecular weight excluding hydrogens is 440 g/mol. The van der Waals surface area contributed by atoms with E-state index in [4.69, 9.17) is 11.6 Å². The zero-order chi connectivity index (χ0) is 22.5. The molecule has 4 nitrogen and oxygen atoms in total. The van der Waals surface area contributed by atoms with Crippen molar-refractivity contribution in [3.63, 3.8) is 0 Å². The van der Waals surface area contributed by atoms with E-state index >= 15 is 0 Å². The molecule has 1 aliphatic carbocycles. The summed E-state index contributed by atoms with van der Waals surface area (Å²) in [5, 5.41) is 0.709. The van der Waals surface area contributed by atoms with E-state index in [1.807, 2.05) is 18.2 Å². The predicted molar refractivity (Wildman–Crippen MR) is 130 cm³/mol. The summed E-state index contributed by atoms with van der Waals surface area (Å²) in [5.41, 5.74) is 1.78. The maximum absolute atomic E-state index is 13.4. The van der Waals surface area contributed by atoms with Gasteiger partial charge in [0.05, 0.1) is 16.8 Å². The molecule has 1 spiro atoms. The third-order valence-electron chi connectivity index (χ3n) is 7.12. The summed E-state index contributed by atoms with van der Waals surface area (Å²) >= 11 is 8.07. The fraction of sp³-hybridized carbons (Fsp3) is 0.462. The van der Waals surface area contributed by atoms with E-state index in [1.54, 1.807) is 16.7 Å².